The summed E-state index contributed by atoms with van der Waals surface area (Å²) in [6, 6.07) is 5.39. The summed E-state index contributed by atoms with van der Waals surface area (Å²) in [5.41, 5.74) is 7.01. The van der Waals surface area contributed by atoms with Gasteiger partial charge in [0, 0.05) is 42.9 Å². The number of rotatable bonds is 3. The minimum Gasteiger partial charge on any atom is -0.398 e. The van der Waals surface area contributed by atoms with Gasteiger partial charge in [0.15, 0.2) is 0 Å². The molecule has 0 spiro atoms. The van der Waals surface area contributed by atoms with Crippen molar-refractivity contribution in [1.82, 2.24) is 9.80 Å². The SMILES string of the molecule is C=CCN1CCN(C(=O)c2ccc(Br)cc2N)CC1. The first-order chi connectivity index (χ1) is 9.11. The number of nitrogens with two attached hydrogens (primary N) is 1. The van der Waals surface area contributed by atoms with Gasteiger partial charge in [-0.25, -0.2) is 0 Å². The maximum Gasteiger partial charge on any atom is 0.256 e. The van der Waals surface area contributed by atoms with Gasteiger partial charge in [0.05, 0.1) is 5.56 Å². The summed E-state index contributed by atoms with van der Waals surface area (Å²) in [5.74, 6) is 0.0169. The highest BCUT2D eigenvalue weighted by molar-refractivity contribution is 9.10. The van der Waals surface area contributed by atoms with Crippen LogP contribution >= 0.6 is 15.9 Å². The van der Waals surface area contributed by atoms with Gasteiger partial charge in [0.2, 0.25) is 0 Å². The van der Waals surface area contributed by atoms with Crippen LogP contribution in [0.15, 0.2) is 35.3 Å². The van der Waals surface area contributed by atoms with Crippen LogP contribution in [0.1, 0.15) is 10.4 Å². The van der Waals surface area contributed by atoms with Gasteiger partial charge in [-0.15, -0.1) is 6.58 Å². The Balaban J connectivity index is 2.03. The molecule has 1 aromatic carbocycles. The predicted octanol–water partition coefficient (Wildman–Crippen LogP) is 1.98. The standard InChI is InChI=1S/C14H18BrN3O/c1-2-5-17-6-8-18(9-7-17)14(19)12-4-3-11(15)10-13(12)16/h2-4,10H,1,5-9,16H2. The molecule has 1 heterocycles. The lowest BCUT2D eigenvalue weighted by Gasteiger charge is -2.34. The highest BCUT2D eigenvalue weighted by atomic mass is 79.9. The van der Waals surface area contributed by atoms with Crippen LogP contribution in [-0.2, 0) is 0 Å². The van der Waals surface area contributed by atoms with E-state index in [4.69, 9.17) is 5.73 Å². The van der Waals surface area contributed by atoms with Gasteiger partial charge in [-0.1, -0.05) is 22.0 Å². The van der Waals surface area contributed by atoms with Crippen LogP contribution in [0, 0.1) is 0 Å². The summed E-state index contributed by atoms with van der Waals surface area (Å²) in [6.45, 7) is 7.85. The molecule has 0 bridgehead atoms. The monoisotopic (exact) mass is 323 g/mol. The van der Waals surface area contributed by atoms with Crippen molar-refractivity contribution in [3.05, 3.63) is 40.9 Å². The smallest absolute Gasteiger partial charge is 0.256 e. The summed E-state index contributed by atoms with van der Waals surface area (Å²) in [4.78, 5) is 16.5. The van der Waals surface area contributed by atoms with Crippen LogP contribution in [0.2, 0.25) is 0 Å². The molecule has 0 unspecified atom stereocenters. The molecule has 0 radical (unpaired) electrons. The first-order valence-electron chi connectivity index (χ1n) is 6.29. The average Bonchev–Trinajstić information content (AvgIpc) is 2.39. The fourth-order valence-corrected chi connectivity index (χ4v) is 2.59. The number of carbonyl (C=O) groups excluding carboxylic acids is 1. The van der Waals surface area contributed by atoms with E-state index in [1.807, 2.05) is 17.0 Å². The van der Waals surface area contributed by atoms with E-state index in [1.54, 1.807) is 12.1 Å². The molecule has 5 heteroatoms. The van der Waals surface area contributed by atoms with Crippen LogP contribution in [0.4, 0.5) is 5.69 Å². The Morgan fingerprint density at radius 1 is 1.37 bits per heavy atom. The van der Waals surface area contributed by atoms with Gasteiger partial charge in [0.25, 0.3) is 5.91 Å². The third-order valence-electron chi connectivity index (χ3n) is 3.29. The van der Waals surface area contributed by atoms with Crippen LogP contribution < -0.4 is 5.73 Å². The number of carbonyl (C=O) groups is 1. The Morgan fingerprint density at radius 3 is 2.63 bits per heavy atom. The Hall–Kier alpha value is -1.33. The molecule has 1 aliphatic rings. The number of benzene rings is 1. The molecule has 2 N–H and O–H groups in total. The minimum absolute atomic E-state index is 0.0169. The van der Waals surface area contributed by atoms with Crippen LogP contribution in [-0.4, -0.2) is 48.4 Å². The molecule has 2 rings (SSSR count). The molecule has 0 atom stereocenters. The first-order valence-corrected chi connectivity index (χ1v) is 7.08. The van der Waals surface area contributed by atoms with Crippen molar-refractivity contribution < 1.29 is 4.79 Å². The van der Waals surface area contributed by atoms with Crippen molar-refractivity contribution >= 4 is 27.5 Å². The lowest BCUT2D eigenvalue weighted by atomic mass is 10.1. The topological polar surface area (TPSA) is 49.6 Å². The van der Waals surface area contributed by atoms with E-state index < -0.39 is 0 Å². The molecule has 1 aromatic rings. The fourth-order valence-electron chi connectivity index (χ4n) is 2.21. The third kappa shape index (κ3) is 3.36. The number of piperazine rings is 1. The number of hydrogen-bond acceptors (Lipinski definition) is 3. The van der Waals surface area contributed by atoms with Crippen LogP contribution in [0.5, 0.6) is 0 Å². The molecule has 1 saturated heterocycles. The number of halogens is 1. The highest BCUT2D eigenvalue weighted by Gasteiger charge is 2.22. The molecule has 4 nitrogen and oxygen atoms in total. The third-order valence-corrected chi connectivity index (χ3v) is 3.78. The van der Waals surface area contributed by atoms with Crippen molar-refractivity contribution in [1.29, 1.82) is 0 Å². The Morgan fingerprint density at radius 2 is 2.05 bits per heavy atom. The molecule has 19 heavy (non-hydrogen) atoms. The van der Waals surface area contributed by atoms with E-state index in [9.17, 15) is 4.79 Å². The van der Waals surface area contributed by atoms with Crippen molar-refractivity contribution in [3.63, 3.8) is 0 Å². The zero-order valence-electron chi connectivity index (χ0n) is 10.8. The van der Waals surface area contributed by atoms with Gasteiger partial charge in [-0.3, -0.25) is 9.69 Å². The largest absolute Gasteiger partial charge is 0.398 e. The lowest BCUT2D eigenvalue weighted by molar-refractivity contribution is 0.0651. The summed E-state index contributed by atoms with van der Waals surface area (Å²) >= 11 is 3.35. The van der Waals surface area contributed by atoms with Gasteiger partial charge in [-0.05, 0) is 18.2 Å². The number of hydrogen-bond donors (Lipinski definition) is 1. The lowest BCUT2D eigenvalue weighted by Crippen LogP contribution is -2.48. The van der Waals surface area contributed by atoms with Gasteiger partial charge >= 0.3 is 0 Å². The van der Waals surface area contributed by atoms with Crippen molar-refractivity contribution in [2.45, 2.75) is 0 Å². The summed E-state index contributed by atoms with van der Waals surface area (Å²) in [5, 5.41) is 0. The molecule has 1 amide bonds. The van der Waals surface area contributed by atoms with Crippen LogP contribution in [0.25, 0.3) is 0 Å². The molecule has 0 saturated carbocycles. The summed E-state index contributed by atoms with van der Waals surface area (Å²) in [7, 11) is 0. The van der Waals surface area contributed by atoms with Gasteiger partial charge < -0.3 is 10.6 Å². The quantitative estimate of drug-likeness (QED) is 0.683. The number of nitrogen functional groups attached to an aromatic ring is 1. The van der Waals surface area contributed by atoms with E-state index in [1.165, 1.54) is 0 Å². The first kappa shape index (κ1) is 14.1. The summed E-state index contributed by atoms with van der Waals surface area (Å²) < 4.78 is 0.886. The second-order valence-electron chi connectivity index (χ2n) is 4.61. The van der Waals surface area contributed by atoms with Gasteiger partial charge in [0.1, 0.15) is 0 Å². The molecule has 1 aliphatic heterocycles. The van der Waals surface area contributed by atoms with Crippen molar-refractivity contribution in [2.75, 3.05) is 38.5 Å². The second-order valence-corrected chi connectivity index (χ2v) is 5.53. The number of nitrogens with zero attached hydrogens (tertiary/aromatic N) is 2. The number of anilines is 1. The van der Waals surface area contributed by atoms with Crippen LogP contribution in [0.3, 0.4) is 0 Å². The second kappa shape index (κ2) is 6.21. The maximum absolute atomic E-state index is 12.4. The zero-order valence-corrected chi connectivity index (χ0v) is 12.4. The summed E-state index contributed by atoms with van der Waals surface area (Å²) in [6.07, 6.45) is 1.89. The van der Waals surface area contributed by atoms with E-state index in [-0.39, 0.29) is 5.91 Å². The maximum atomic E-state index is 12.4. The molecular weight excluding hydrogens is 306 g/mol. The Bertz CT molecular complexity index is 482. The zero-order chi connectivity index (χ0) is 13.8. The molecule has 1 fully saturated rings. The van der Waals surface area contributed by atoms with E-state index in [0.29, 0.717) is 11.3 Å². The molecular formula is C14H18BrN3O. The average molecular weight is 324 g/mol. The van der Waals surface area contributed by atoms with Crippen molar-refractivity contribution in [2.24, 2.45) is 0 Å². The van der Waals surface area contributed by atoms with Crippen molar-refractivity contribution in [3.8, 4) is 0 Å². The Labute approximate surface area is 122 Å². The molecule has 0 aliphatic carbocycles. The van der Waals surface area contributed by atoms with E-state index in [0.717, 1.165) is 37.2 Å². The molecule has 0 aromatic heterocycles. The fraction of sp³-hybridized carbons (Fsp3) is 0.357. The Kier molecular flexibility index (Phi) is 4.61. The van der Waals surface area contributed by atoms with Gasteiger partial charge in [-0.2, -0.15) is 0 Å². The highest BCUT2D eigenvalue weighted by Crippen LogP contribution is 2.20. The van der Waals surface area contributed by atoms with E-state index >= 15 is 0 Å². The minimum atomic E-state index is 0.0169. The van der Waals surface area contributed by atoms with E-state index in [2.05, 4.69) is 27.4 Å². The normalized spacial score (nSPS) is 16.4. The predicted molar refractivity (Wildman–Crippen MR) is 81.1 cm³/mol. The number of amides is 1. The molecule has 102 valence electrons.